The van der Waals surface area contributed by atoms with Gasteiger partial charge in [0.15, 0.2) is 0 Å². The molecule has 0 saturated carbocycles. The van der Waals surface area contributed by atoms with Gasteiger partial charge < -0.3 is 19.1 Å². The number of aromatic amines is 1. The molecule has 2 aromatic carbocycles. The van der Waals surface area contributed by atoms with Crippen molar-refractivity contribution in [2.24, 2.45) is 0 Å². The van der Waals surface area contributed by atoms with E-state index in [-0.39, 0.29) is 11.9 Å². The minimum absolute atomic E-state index is 0.0823. The van der Waals surface area contributed by atoms with Gasteiger partial charge in [-0.1, -0.05) is 12.1 Å². The molecule has 0 saturated heterocycles. The van der Waals surface area contributed by atoms with Gasteiger partial charge in [0.1, 0.15) is 17.2 Å². The van der Waals surface area contributed by atoms with Crippen molar-refractivity contribution in [1.29, 1.82) is 0 Å². The van der Waals surface area contributed by atoms with Gasteiger partial charge in [0.05, 0.1) is 32.1 Å². The summed E-state index contributed by atoms with van der Waals surface area (Å²) >= 11 is 0. The largest absolute Gasteiger partial charge is 0.497 e. The highest BCUT2D eigenvalue weighted by Crippen LogP contribution is 2.43. The smallest absolute Gasteiger partial charge is 0.273 e. The molecule has 0 bridgehead atoms. The van der Waals surface area contributed by atoms with Gasteiger partial charge in [0.2, 0.25) is 0 Å². The molecule has 156 valence electrons. The van der Waals surface area contributed by atoms with Gasteiger partial charge in [-0.25, -0.2) is 0 Å². The highest BCUT2D eigenvalue weighted by molar-refractivity contribution is 6.00. The Morgan fingerprint density at radius 2 is 1.90 bits per heavy atom. The number of rotatable bonds is 8. The topological polar surface area (TPSA) is 76.7 Å². The third-order valence-electron chi connectivity index (χ3n) is 5.25. The summed E-state index contributed by atoms with van der Waals surface area (Å²) in [4.78, 5) is 15.0. The predicted molar refractivity (Wildman–Crippen MR) is 113 cm³/mol. The summed E-state index contributed by atoms with van der Waals surface area (Å²) in [6.07, 6.45) is 0. The lowest BCUT2D eigenvalue weighted by molar-refractivity contribution is 0.0677. The van der Waals surface area contributed by atoms with E-state index >= 15 is 0 Å². The molecular formula is C23H25N3O4. The second-order valence-electron chi connectivity index (χ2n) is 6.99. The number of carbonyl (C=O) groups is 1. The van der Waals surface area contributed by atoms with Gasteiger partial charge >= 0.3 is 0 Å². The molecule has 4 rings (SSSR count). The van der Waals surface area contributed by atoms with Crippen molar-refractivity contribution in [2.75, 3.05) is 34.0 Å². The van der Waals surface area contributed by atoms with Gasteiger partial charge in [0, 0.05) is 24.8 Å². The van der Waals surface area contributed by atoms with Crippen LogP contribution in [0.4, 0.5) is 0 Å². The number of hydrogen-bond acceptors (Lipinski definition) is 5. The molecule has 1 aliphatic rings. The van der Waals surface area contributed by atoms with Crippen molar-refractivity contribution in [3.05, 3.63) is 65.4 Å². The Morgan fingerprint density at radius 1 is 1.10 bits per heavy atom. The average Bonchev–Trinajstić information content (AvgIpc) is 3.32. The monoisotopic (exact) mass is 407 g/mol. The molecule has 3 aromatic rings. The second-order valence-corrected chi connectivity index (χ2v) is 6.99. The summed E-state index contributed by atoms with van der Waals surface area (Å²) in [5.74, 6) is 1.46. The third kappa shape index (κ3) is 3.52. The first-order valence-corrected chi connectivity index (χ1v) is 9.93. The van der Waals surface area contributed by atoms with Crippen LogP contribution in [0, 0.1) is 0 Å². The molecule has 2 heterocycles. The third-order valence-corrected chi connectivity index (χ3v) is 5.25. The van der Waals surface area contributed by atoms with Crippen LogP contribution in [0.5, 0.6) is 11.5 Å². The highest BCUT2D eigenvalue weighted by Gasteiger charge is 2.42. The van der Waals surface area contributed by atoms with Crippen molar-refractivity contribution in [3.63, 3.8) is 0 Å². The van der Waals surface area contributed by atoms with Crippen LogP contribution in [0.1, 0.15) is 34.6 Å². The number of methoxy groups -OCH3 is 2. The Kier molecular flexibility index (Phi) is 5.72. The molecule has 7 nitrogen and oxygen atoms in total. The Hall–Kier alpha value is -3.32. The van der Waals surface area contributed by atoms with Gasteiger partial charge in [-0.2, -0.15) is 5.10 Å². The molecule has 1 unspecified atom stereocenters. The van der Waals surface area contributed by atoms with Crippen LogP contribution in [-0.4, -0.2) is 55.0 Å². The first-order valence-electron chi connectivity index (χ1n) is 9.93. The molecule has 0 radical (unpaired) electrons. The maximum atomic E-state index is 13.2. The Morgan fingerprint density at radius 3 is 2.60 bits per heavy atom. The zero-order chi connectivity index (χ0) is 21.1. The lowest BCUT2D eigenvalue weighted by Gasteiger charge is -2.26. The Labute approximate surface area is 175 Å². The lowest BCUT2D eigenvalue weighted by Crippen LogP contribution is -2.32. The highest BCUT2D eigenvalue weighted by atomic mass is 16.5. The number of aromatic nitrogens is 2. The van der Waals surface area contributed by atoms with E-state index in [1.54, 1.807) is 14.2 Å². The maximum Gasteiger partial charge on any atom is 0.273 e. The van der Waals surface area contributed by atoms with Crippen molar-refractivity contribution in [3.8, 4) is 22.8 Å². The van der Waals surface area contributed by atoms with E-state index < -0.39 is 0 Å². The molecule has 0 fully saturated rings. The number of amides is 1. The SMILES string of the molecule is CCOc1cccc(C2c3c(-c4ccc(OC)cc4)n[nH]c3C(=O)N2CCOC)c1. The van der Waals surface area contributed by atoms with Crippen LogP contribution in [0.15, 0.2) is 48.5 Å². The van der Waals surface area contributed by atoms with Gasteiger partial charge in [-0.15, -0.1) is 0 Å². The van der Waals surface area contributed by atoms with Crippen LogP contribution in [0.3, 0.4) is 0 Å². The summed E-state index contributed by atoms with van der Waals surface area (Å²) in [5.41, 5.74) is 4.03. The fraction of sp³-hybridized carbons (Fsp3) is 0.304. The average molecular weight is 407 g/mol. The molecular weight excluding hydrogens is 382 g/mol. The quantitative estimate of drug-likeness (QED) is 0.616. The Balaban J connectivity index is 1.82. The van der Waals surface area contributed by atoms with E-state index in [0.29, 0.717) is 25.5 Å². The molecule has 1 aliphatic heterocycles. The number of benzene rings is 2. The fourth-order valence-corrected chi connectivity index (χ4v) is 3.87. The summed E-state index contributed by atoms with van der Waals surface area (Å²) < 4.78 is 16.2. The number of nitrogens with one attached hydrogen (secondary N) is 1. The molecule has 1 aromatic heterocycles. The molecule has 1 amide bonds. The summed E-state index contributed by atoms with van der Waals surface area (Å²) in [6, 6.07) is 15.3. The van der Waals surface area contributed by atoms with Crippen LogP contribution in [0.2, 0.25) is 0 Å². The fourth-order valence-electron chi connectivity index (χ4n) is 3.87. The van der Waals surface area contributed by atoms with E-state index in [9.17, 15) is 4.79 Å². The van der Waals surface area contributed by atoms with Crippen LogP contribution in [0.25, 0.3) is 11.3 Å². The first kappa shape index (κ1) is 20.0. The summed E-state index contributed by atoms with van der Waals surface area (Å²) in [7, 11) is 3.27. The zero-order valence-corrected chi connectivity index (χ0v) is 17.3. The summed E-state index contributed by atoms with van der Waals surface area (Å²) in [5, 5.41) is 7.45. The number of H-pyrrole nitrogens is 1. The molecule has 30 heavy (non-hydrogen) atoms. The lowest BCUT2D eigenvalue weighted by atomic mass is 9.96. The van der Waals surface area contributed by atoms with Gasteiger partial charge in [-0.3, -0.25) is 9.89 Å². The summed E-state index contributed by atoms with van der Waals surface area (Å²) in [6.45, 7) is 3.45. The van der Waals surface area contributed by atoms with Crippen LogP contribution >= 0.6 is 0 Å². The van der Waals surface area contributed by atoms with Crippen molar-refractivity contribution in [2.45, 2.75) is 13.0 Å². The number of nitrogens with zero attached hydrogens (tertiary/aromatic N) is 2. The molecule has 0 aliphatic carbocycles. The van der Waals surface area contributed by atoms with Crippen molar-refractivity contribution < 1.29 is 19.0 Å². The maximum absolute atomic E-state index is 13.2. The zero-order valence-electron chi connectivity index (χ0n) is 17.3. The number of hydrogen-bond donors (Lipinski definition) is 1. The number of carbonyl (C=O) groups excluding carboxylic acids is 1. The minimum atomic E-state index is -0.279. The van der Waals surface area contributed by atoms with Gasteiger partial charge in [0.25, 0.3) is 5.91 Å². The molecule has 1 N–H and O–H groups in total. The van der Waals surface area contributed by atoms with Gasteiger partial charge in [-0.05, 0) is 48.9 Å². The van der Waals surface area contributed by atoms with E-state index in [1.165, 1.54) is 0 Å². The Bertz CT molecular complexity index is 1030. The van der Waals surface area contributed by atoms with E-state index in [1.807, 2.05) is 60.4 Å². The van der Waals surface area contributed by atoms with E-state index in [4.69, 9.17) is 14.2 Å². The minimum Gasteiger partial charge on any atom is -0.497 e. The number of ether oxygens (including phenoxy) is 3. The van der Waals surface area contributed by atoms with E-state index in [2.05, 4.69) is 10.2 Å². The number of fused-ring (bicyclic) bond motifs is 1. The first-order chi connectivity index (χ1) is 14.7. The molecule has 0 spiro atoms. The second kappa shape index (κ2) is 8.59. The van der Waals surface area contributed by atoms with Crippen LogP contribution in [-0.2, 0) is 4.74 Å². The van der Waals surface area contributed by atoms with Crippen LogP contribution < -0.4 is 9.47 Å². The molecule has 1 atom stereocenters. The normalized spacial score (nSPS) is 15.4. The van der Waals surface area contributed by atoms with Crippen molar-refractivity contribution in [1.82, 2.24) is 15.1 Å². The predicted octanol–water partition coefficient (Wildman–Crippen LogP) is 3.68. The standard InChI is InChI=1S/C23H25N3O4/c1-4-30-18-7-5-6-16(14-18)22-19-20(15-8-10-17(29-3)11-9-15)24-25-21(19)23(27)26(22)12-13-28-2/h5-11,14,22H,4,12-13H2,1-3H3,(H,24,25). The van der Waals surface area contributed by atoms with Crippen molar-refractivity contribution >= 4 is 5.91 Å². The molecule has 7 heteroatoms. The van der Waals surface area contributed by atoms with E-state index in [0.717, 1.165) is 33.9 Å².